The summed E-state index contributed by atoms with van der Waals surface area (Å²) in [6.45, 7) is 2.75. The maximum atomic E-state index is 11.4. The van der Waals surface area contributed by atoms with E-state index in [1.807, 2.05) is 7.05 Å². The van der Waals surface area contributed by atoms with E-state index >= 15 is 0 Å². The summed E-state index contributed by atoms with van der Waals surface area (Å²) >= 11 is 1.75. The number of nitrogens with one attached hydrogen (secondary N) is 2. The summed E-state index contributed by atoms with van der Waals surface area (Å²) in [5, 5.41) is 8.21. The number of likely N-dealkylation sites (tertiary alicyclic amines) is 1. The number of guanidine groups is 1. The van der Waals surface area contributed by atoms with Crippen molar-refractivity contribution in [2.75, 3.05) is 27.2 Å². The Labute approximate surface area is 153 Å². The van der Waals surface area contributed by atoms with Gasteiger partial charge in [-0.2, -0.15) is 0 Å². The molecule has 1 aliphatic heterocycles. The van der Waals surface area contributed by atoms with Crippen LogP contribution in [0.1, 0.15) is 24.1 Å². The van der Waals surface area contributed by atoms with Crippen LogP contribution in [-0.2, 0) is 11.3 Å². The fourth-order valence-corrected chi connectivity index (χ4v) is 3.27. The molecule has 1 saturated heterocycles. The number of hydrogen-bond acceptors (Lipinski definition) is 3. The molecule has 2 rings (SSSR count). The summed E-state index contributed by atoms with van der Waals surface area (Å²) in [5.41, 5.74) is 0. The highest BCUT2D eigenvalue weighted by Gasteiger charge is 2.22. The van der Waals surface area contributed by atoms with Crippen LogP contribution in [0.4, 0.5) is 0 Å². The molecule has 1 aliphatic rings. The number of hydrogen-bond donors (Lipinski definition) is 2. The molecule has 124 valence electrons. The first-order valence-electron chi connectivity index (χ1n) is 7.41. The summed E-state index contributed by atoms with van der Waals surface area (Å²) in [6.07, 6.45) is 2.74. The molecule has 22 heavy (non-hydrogen) atoms. The molecule has 0 aliphatic carbocycles. The number of thiophene rings is 1. The third kappa shape index (κ3) is 5.75. The Bertz CT molecular complexity index is 470. The van der Waals surface area contributed by atoms with Crippen molar-refractivity contribution in [1.29, 1.82) is 0 Å². The number of halogens is 1. The van der Waals surface area contributed by atoms with Crippen molar-refractivity contribution in [3.63, 3.8) is 0 Å². The van der Waals surface area contributed by atoms with Crippen LogP contribution < -0.4 is 10.6 Å². The summed E-state index contributed by atoms with van der Waals surface area (Å²) in [4.78, 5) is 19.4. The average molecular weight is 436 g/mol. The van der Waals surface area contributed by atoms with Crippen LogP contribution in [0, 0.1) is 5.92 Å². The largest absolute Gasteiger partial charge is 0.359 e. The van der Waals surface area contributed by atoms with E-state index in [9.17, 15) is 4.79 Å². The molecule has 0 bridgehead atoms. The standard InChI is InChI=1S/C15H24N4OS.HI/c1-16-14(20)10-12-5-7-19(8-6-12)15(17-2)18-11-13-4-3-9-21-13;/h3-4,9,12H,5-8,10-11H2,1-2H3,(H,16,20)(H,17,18);1H. The number of amides is 1. The third-order valence-corrected chi connectivity index (χ3v) is 4.76. The highest BCUT2D eigenvalue weighted by Crippen LogP contribution is 2.20. The smallest absolute Gasteiger partial charge is 0.220 e. The number of aliphatic imine (C=N–C) groups is 1. The number of carbonyl (C=O) groups is 1. The highest BCUT2D eigenvalue weighted by molar-refractivity contribution is 14.0. The monoisotopic (exact) mass is 436 g/mol. The van der Waals surface area contributed by atoms with E-state index in [-0.39, 0.29) is 29.9 Å². The fraction of sp³-hybridized carbons (Fsp3) is 0.600. The maximum absolute atomic E-state index is 11.4. The van der Waals surface area contributed by atoms with Crippen LogP contribution in [0.2, 0.25) is 0 Å². The lowest BCUT2D eigenvalue weighted by Crippen LogP contribution is -2.45. The topological polar surface area (TPSA) is 56.7 Å². The number of carbonyl (C=O) groups excluding carboxylic acids is 1. The van der Waals surface area contributed by atoms with Crippen molar-refractivity contribution in [3.05, 3.63) is 22.4 Å². The van der Waals surface area contributed by atoms with Crippen LogP contribution in [0.15, 0.2) is 22.5 Å². The van der Waals surface area contributed by atoms with Crippen LogP contribution in [0.5, 0.6) is 0 Å². The zero-order chi connectivity index (χ0) is 15.1. The normalized spacial score (nSPS) is 16.1. The summed E-state index contributed by atoms with van der Waals surface area (Å²) in [7, 11) is 3.53. The Balaban J connectivity index is 0.00000242. The Kier molecular flexibility index (Phi) is 8.77. The van der Waals surface area contributed by atoms with Crippen LogP contribution in [0.25, 0.3) is 0 Å². The second-order valence-electron chi connectivity index (χ2n) is 5.29. The SMILES string of the molecule is CN=C(NCc1cccs1)N1CCC(CC(=O)NC)CC1.I. The maximum Gasteiger partial charge on any atom is 0.220 e. The van der Waals surface area contributed by atoms with Crippen LogP contribution >= 0.6 is 35.3 Å². The van der Waals surface area contributed by atoms with E-state index in [4.69, 9.17) is 0 Å². The minimum atomic E-state index is 0. The first kappa shape index (κ1) is 19.2. The second kappa shape index (κ2) is 10.0. The predicted octanol–water partition coefficient (Wildman–Crippen LogP) is 2.29. The molecule has 1 aromatic heterocycles. The minimum Gasteiger partial charge on any atom is -0.359 e. The number of rotatable bonds is 4. The second-order valence-corrected chi connectivity index (χ2v) is 6.32. The molecule has 0 atom stereocenters. The fourth-order valence-electron chi connectivity index (χ4n) is 2.62. The van der Waals surface area contributed by atoms with Gasteiger partial charge in [0.25, 0.3) is 0 Å². The van der Waals surface area contributed by atoms with E-state index in [1.165, 1.54) is 4.88 Å². The van der Waals surface area contributed by atoms with Gasteiger partial charge in [0, 0.05) is 38.5 Å². The van der Waals surface area contributed by atoms with Crippen molar-refractivity contribution in [1.82, 2.24) is 15.5 Å². The molecule has 0 spiro atoms. The lowest BCUT2D eigenvalue weighted by atomic mass is 9.93. The molecule has 1 amide bonds. The summed E-state index contributed by atoms with van der Waals surface area (Å²) in [6, 6.07) is 4.19. The molecule has 0 radical (unpaired) electrons. The van der Waals surface area contributed by atoms with E-state index in [0.717, 1.165) is 38.4 Å². The summed E-state index contributed by atoms with van der Waals surface area (Å²) in [5.74, 6) is 1.60. The first-order valence-corrected chi connectivity index (χ1v) is 8.29. The average Bonchev–Trinajstić information content (AvgIpc) is 3.02. The van der Waals surface area contributed by atoms with Gasteiger partial charge in [-0.05, 0) is 30.2 Å². The highest BCUT2D eigenvalue weighted by atomic mass is 127. The van der Waals surface area contributed by atoms with Crippen LogP contribution in [-0.4, -0.2) is 44.0 Å². The van der Waals surface area contributed by atoms with E-state index < -0.39 is 0 Å². The third-order valence-electron chi connectivity index (χ3n) is 3.88. The van der Waals surface area contributed by atoms with Gasteiger partial charge in [0.2, 0.25) is 5.91 Å². The van der Waals surface area contributed by atoms with Gasteiger partial charge in [-0.1, -0.05) is 6.07 Å². The van der Waals surface area contributed by atoms with E-state index in [1.54, 1.807) is 18.4 Å². The molecule has 0 unspecified atom stereocenters. The van der Waals surface area contributed by atoms with E-state index in [0.29, 0.717) is 12.3 Å². The van der Waals surface area contributed by atoms with Crippen molar-refractivity contribution in [2.24, 2.45) is 10.9 Å². The Hall–Kier alpha value is -0.830. The van der Waals surface area contributed by atoms with Gasteiger partial charge < -0.3 is 15.5 Å². The lowest BCUT2D eigenvalue weighted by Gasteiger charge is -2.34. The minimum absolute atomic E-state index is 0. The Morgan fingerprint density at radius 2 is 2.18 bits per heavy atom. The molecule has 2 heterocycles. The Morgan fingerprint density at radius 3 is 2.73 bits per heavy atom. The van der Waals surface area contributed by atoms with Crippen molar-refractivity contribution in [3.8, 4) is 0 Å². The molecular weight excluding hydrogens is 411 g/mol. The van der Waals surface area contributed by atoms with Gasteiger partial charge in [-0.25, -0.2) is 0 Å². The van der Waals surface area contributed by atoms with Crippen molar-refractivity contribution in [2.45, 2.75) is 25.8 Å². The first-order chi connectivity index (χ1) is 10.2. The molecule has 1 fully saturated rings. The van der Waals surface area contributed by atoms with Gasteiger partial charge in [0.1, 0.15) is 0 Å². The number of nitrogens with zero attached hydrogens (tertiary/aromatic N) is 2. The molecule has 5 nitrogen and oxygen atoms in total. The molecular formula is C15H25IN4OS. The zero-order valence-electron chi connectivity index (χ0n) is 13.2. The molecule has 7 heteroatoms. The molecule has 0 saturated carbocycles. The molecule has 0 aromatic carbocycles. The predicted molar refractivity (Wildman–Crippen MR) is 103 cm³/mol. The lowest BCUT2D eigenvalue weighted by molar-refractivity contribution is -0.121. The van der Waals surface area contributed by atoms with Gasteiger partial charge in [-0.15, -0.1) is 35.3 Å². The summed E-state index contributed by atoms with van der Waals surface area (Å²) < 4.78 is 0. The van der Waals surface area contributed by atoms with Crippen LogP contribution in [0.3, 0.4) is 0 Å². The van der Waals surface area contributed by atoms with Gasteiger partial charge in [0.15, 0.2) is 5.96 Å². The van der Waals surface area contributed by atoms with Gasteiger partial charge in [-0.3, -0.25) is 9.79 Å². The van der Waals surface area contributed by atoms with Gasteiger partial charge in [0.05, 0.1) is 6.54 Å². The van der Waals surface area contributed by atoms with Gasteiger partial charge >= 0.3 is 0 Å². The van der Waals surface area contributed by atoms with E-state index in [2.05, 4.69) is 38.0 Å². The Morgan fingerprint density at radius 1 is 1.45 bits per heavy atom. The molecule has 2 N–H and O–H groups in total. The zero-order valence-corrected chi connectivity index (χ0v) is 16.3. The quantitative estimate of drug-likeness (QED) is 0.433. The molecule has 1 aromatic rings. The van der Waals surface area contributed by atoms with Crippen molar-refractivity contribution >= 4 is 47.2 Å². The number of piperidine rings is 1. The van der Waals surface area contributed by atoms with Crippen molar-refractivity contribution < 1.29 is 4.79 Å².